The summed E-state index contributed by atoms with van der Waals surface area (Å²) in [6, 6.07) is 12.8. The monoisotopic (exact) mass is 457 g/mol. The van der Waals surface area contributed by atoms with E-state index >= 15 is 0 Å². The molecule has 3 aromatic rings. The van der Waals surface area contributed by atoms with E-state index in [1.54, 1.807) is 13.2 Å². The van der Waals surface area contributed by atoms with Crippen molar-refractivity contribution in [1.29, 1.82) is 0 Å². The number of ether oxygens (including phenoxy) is 2. The number of amides is 1. The van der Waals surface area contributed by atoms with E-state index in [-0.39, 0.29) is 30.1 Å². The van der Waals surface area contributed by atoms with Crippen LogP contribution in [0.2, 0.25) is 0 Å². The smallest absolute Gasteiger partial charge is 0.252 e. The van der Waals surface area contributed by atoms with Crippen molar-refractivity contribution in [2.45, 2.75) is 11.4 Å². The second kappa shape index (κ2) is 9.11. The fraction of sp³-hybridized carbons (Fsp3) is 0.273. The fourth-order valence-corrected chi connectivity index (χ4v) is 5.07. The molecule has 1 fully saturated rings. The maximum Gasteiger partial charge on any atom is 0.252 e. The molecule has 1 amide bonds. The molecule has 0 unspecified atom stereocenters. The van der Waals surface area contributed by atoms with E-state index in [2.05, 4.69) is 10.3 Å². The zero-order valence-corrected chi connectivity index (χ0v) is 18.3. The number of rotatable bonds is 6. The number of aromatic amines is 1. The van der Waals surface area contributed by atoms with Crippen molar-refractivity contribution in [3.05, 3.63) is 70.0 Å². The first-order valence-corrected chi connectivity index (χ1v) is 11.5. The molecular weight excluding hydrogens is 434 g/mol. The topological polar surface area (TPSA) is 118 Å². The molecule has 2 aromatic carbocycles. The average molecular weight is 458 g/mol. The van der Waals surface area contributed by atoms with Gasteiger partial charge in [-0.05, 0) is 24.3 Å². The third kappa shape index (κ3) is 4.38. The highest BCUT2D eigenvalue weighted by Gasteiger charge is 2.27. The average Bonchev–Trinajstić information content (AvgIpc) is 2.82. The third-order valence-corrected chi connectivity index (χ3v) is 7.19. The molecular formula is C22H23N3O6S. The molecule has 1 aliphatic heterocycles. The lowest BCUT2D eigenvalue weighted by Gasteiger charge is -2.26. The molecule has 0 atom stereocenters. The van der Waals surface area contributed by atoms with Crippen LogP contribution in [0.3, 0.4) is 0 Å². The molecule has 1 saturated heterocycles. The Labute approximate surface area is 185 Å². The number of fused-ring (bicyclic) bond motifs is 1. The molecule has 2 N–H and O–H groups in total. The van der Waals surface area contributed by atoms with Crippen LogP contribution >= 0.6 is 0 Å². The summed E-state index contributed by atoms with van der Waals surface area (Å²) in [6.45, 7) is 1.37. The van der Waals surface area contributed by atoms with Crippen molar-refractivity contribution in [1.82, 2.24) is 14.6 Å². The molecule has 9 nitrogen and oxygen atoms in total. The van der Waals surface area contributed by atoms with Crippen molar-refractivity contribution < 1.29 is 22.7 Å². The Balaban J connectivity index is 1.68. The molecule has 1 aliphatic rings. The van der Waals surface area contributed by atoms with E-state index in [0.717, 1.165) is 5.56 Å². The van der Waals surface area contributed by atoms with Gasteiger partial charge in [-0.2, -0.15) is 4.31 Å². The van der Waals surface area contributed by atoms with Gasteiger partial charge in [-0.1, -0.05) is 18.2 Å². The largest absolute Gasteiger partial charge is 0.496 e. The summed E-state index contributed by atoms with van der Waals surface area (Å²) >= 11 is 0. The van der Waals surface area contributed by atoms with Crippen molar-refractivity contribution in [3.63, 3.8) is 0 Å². The molecule has 0 aliphatic carbocycles. The fourth-order valence-electron chi connectivity index (χ4n) is 3.64. The van der Waals surface area contributed by atoms with E-state index in [9.17, 15) is 18.0 Å². The lowest BCUT2D eigenvalue weighted by Crippen LogP contribution is -2.40. The molecule has 0 saturated carbocycles. The lowest BCUT2D eigenvalue weighted by molar-refractivity contribution is 0.0730. The summed E-state index contributed by atoms with van der Waals surface area (Å²) in [5.74, 6) is 0.135. The summed E-state index contributed by atoms with van der Waals surface area (Å²) in [7, 11) is -2.21. The van der Waals surface area contributed by atoms with Crippen molar-refractivity contribution in [2.75, 3.05) is 33.4 Å². The number of carbonyl (C=O) groups excluding carboxylic acids is 1. The van der Waals surface area contributed by atoms with Crippen molar-refractivity contribution >= 4 is 26.8 Å². The third-order valence-electron chi connectivity index (χ3n) is 5.30. The number of para-hydroxylation sites is 1. The van der Waals surface area contributed by atoms with Gasteiger partial charge in [0.25, 0.3) is 5.91 Å². The van der Waals surface area contributed by atoms with E-state index in [4.69, 9.17) is 9.47 Å². The molecule has 0 spiro atoms. The number of nitrogens with zero attached hydrogens (tertiary/aromatic N) is 1. The molecule has 32 heavy (non-hydrogen) atoms. The summed E-state index contributed by atoms with van der Waals surface area (Å²) in [5.41, 5.74) is 0.787. The normalized spacial score (nSPS) is 14.9. The molecule has 0 bridgehead atoms. The number of H-pyrrole nitrogens is 1. The van der Waals surface area contributed by atoms with Gasteiger partial charge in [-0.3, -0.25) is 9.59 Å². The van der Waals surface area contributed by atoms with Crippen LogP contribution < -0.4 is 15.6 Å². The van der Waals surface area contributed by atoms with Crippen LogP contribution in [0, 0.1) is 0 Å². The van der Waals surface area contributed by atoms with E-state index < -0.39 is 21.5 Å². The first kappa shape index (κ1) is 22.0. The van der Waals surface area contributed by atoms with Gasteiger partial charge in [0.1, 0.15) is 5.75 Å². The number of nitrogens with one attached hydrogen (secondary N) is 2. The number of benzene rings is 2. The van der Waals surface area contributed by atoms with Gasteiger partial charge in [0, 0.05) is 42.2 Å². The Morgan fingerprint density at radius 1 is 1.16 bits per heavy atom. The number of hydrogen-bond donors (Lipinski definition) is 2. The minimum absolute atomic E-state index is 0.0535. The van der Waals surface area contributed by atoms with Gasteiger partial charge in [0.2, 0.25) is 15.6 Å². The summed E-state index contributed by atoms with van der Waals surface area (Å²) in [5, 5.41) is 3.13. The molecule has 10 heteroatoms. The number of methoxy groups -OCH3 is 1. The first-order chi connectivity index (χ1) is 15.4. The van der Waals surface area contributed by atoms with Crippen LogP contribution in [0.4, 0.5) is 0 Å². The molecule has 1 aromatic heterocycles. The Morgan fingerprint density at radius 2 is 1.91 bits per heavy atom. The van der Waals surface area contributed by atoms with Crippen LogP contribution in [0.1, 0.15) is 15.9 Å². The first-order valence-electron chi connectivity index (χ1n) is 10.1. The maximum absolute atomic E-state index is 13.0. The van der Waals surface area contributed by atoms with Gasteiger partial charge in [0.15, 0.2) is 0 Å². The van der Waals surface area contributed by atoms with E-state index in [0.29, 0.717) is 29.9 Å². The number of hydrogen-bond acceptors (Lipinski definition) is 6. The summed E-state index contributed by atoms with van der Waals surface area (Å²) < 4.78 is 38.0. The predicted octanol–water partition coefficient (Wildman–Crippen LogP) is 1.49. The summed E-state index contributed by atoms with van der Waals surface area (Å²) in [6.07, 6.45) is 0. The number of carbonyl (C=O) groups is 1. The van der Waals surface area contributed by atoms with Gasteiger partial charge in [-0.25, -0.2) is 8.42 Å². The summed E-state index contributed by atoms with van der Waals surface area (Å²) in [4.78, 5) is 27.8. The zero-order chi connectivity index (χ0) is 22.7. The van der Waals surface area contributed by atoms with Crippen LogP contribution in [0.25, 0.3) is 10.9 Å². The van der Waals surface area contributed by atoms with Crippen LogP contribution in [-0.2, 0) is 21.3 Å². The SMILES string of the molecule is COc1ccccc1CNC(=O)c1cc(=O)[nH]c2ccc(S(=O)(=O)N3CCOCC3)cc12. The van der Waals surface area contributed by atoms with Gasteiger partial charge < -0.3 is 19.8 Å². The number of aromatic nitrogens is 1. The molecule has 4 rings (SSSR count). The van der Waals surface area contributed by atoms with Crippen LogP contribution in [-0.4, -0.2) is 57.0 Å². The Bertz CT molecular complexity index is 1310. The zero-order valence-electron chi connectivity index (χ0n) is 17.5. The number of sulfonamides is 1. The highest BCUT2D eigenvalue weighted by Crippen LogP contribution is 2.24. The van der Waals surface area contributed by atoms with Crippen LogP contribution in [0.5, 0.6) is 5.75 Å². The van der Waals surface area contributed by atoms with Crippen molar-refractivity contribution in [3.8, 4) is 5.75 Å². The van der Waals surface area contributed by atoms with E-state index in [1.807, 2.05) is 18.2 Å². The molecule has 0 radical (unpaired) electrons. The Hall–Kier alpha value is -3.21. The highest BCUT2D eigenvalue weighted by molar-refractivity contribution is 7.89. The highest BCUT2D eigenvalue weighted by atomic mass is 32.2. The quantitative estimate of drug-likeness (QED) is 0.579. The van der Waals surface area contributed by atoms with E-state index in [1.165, 1.54) is 28.6 Å². The second-order valence-corrected chi connectivity index (χ2v) is 9.20. The minimum Gasteiger partial charge on any atom is -0.496 e. The van der Waals surface area contributed by atoms with Crippen molar-refractivity contribution in [2.24, 2.45) is 0 Å². The number of pyridine rings is 1. The standard InChI is InChI=1S/C22H23N3O6S/c1-30-20-5-3-2-4-15(20)14-23-22(27)18-13-21(26)24-19-7-6-16(12-17(18)19)32(28,29)25-8-10-31-11-9-25/h2-7,12-13H,8-11,14H2,1H3,(H,23,27)(H,24,26). The molecule has 168 valence electrons. The van der Waals surface area contributed by atoms with Gasteiger partial charge in [0.05, 0.1) is 30.8 Å². The Morgan fingerprint density at radius 3 is 2.66 bits per heavy atom. The molecule has 2 heterocycles. The number of morpholine rings is 1. The van der Waals surface area contributed by atoms with Gasteiger partial charge >= 0.3 is 0 Å². The maximum atomic E-state index is 13.0. The predicted molar refractivity (Wildman–Crippen MR) is 118 cm³/mol. The second-order valence-electron chi connectivity index (χ2n) is 7.27. The lowest BCUT2D eigenvalue weighted by atomic mass is 10.1. The minimum atomic E-state index is -3.76. The Kier molecular flexibility index (Phi) is 6.26. The van der Waals surface area contributed by atoms with Crippen LogP contribution in [0.15, 0.2) is 58.2 Å². The van der Waals surface area contributed by atoms with Gasteiger partial charge in [-0.15, -0.1) is 0 Å².